The Morgan fingerprint density at radius 1 is 1.27 bits per heavy atom. The lowest BCUT2D eigenvalue weighted by Gasteiger charge is -2.03. The second-order valence-corrected chi connectivity index (χ2v) is 4.14. The van der Waals surface area contributed by atoms with Gasteiger partial charge in [-0.05, 0) is 12.1 Å². The van der Waals surface area contributed by atoms with Gasteiger partial charge < -0.3 is 10.0 Å². The quantitative estimate of drug-likeness (QED) is 0.831. The molecule has 0 aliphatic heterocycles. The van der Waals surface area contributed by atoms with Gasteiger partial charge >= 0.3 is 0 Å². The fourth-order valence-corrected chi connectivity index (χ4v) is 1.76. The zero-order valence-electron chi connectivity index (χ0n) is 8.38. The van der Waals surface area contributed by atoms with Crippen molar-refractivity contribution in [2.45, 2.75) is 0 Å². The van der Waals surface area contributed by atoms with Gasteiger partial charge in [-0.2, -0.15) is 0 Å². The van der Waals surface area contributed by atoms with Crippen molar-refractivity contribution in [3.8, 4) is 16.5 Å². The molecule has 2 aromatic heterocycles. The minimum atomic E-state index is 0.149. The number of anilines is 1. The Morgan fingerprint density at radius 3 is 2.60 bits per heavy atom. The van der Waals surface area contributed by atoms with E-state index in [4.69, 9.17) is 5.11 Å². The van der Waals surface area contributed by atoms with Crippen molar-refractivity contribution < 1.29 is 5.11 Å². The van der Waals surface area contributed by atoms with E-state index in [-0.39, 0.29) is 5.75 Å². The van der Waals surface area contributed by atoms with Crippen LogP contribution in [0.15, 0.2) is 18.3 Å². The third-order valence-corrected chi connectivity index (χ3v) is 2.88. The monoisotopic (exact) mass is 222 g/mol. The van der Waals surface area contributed by atoms with Crippen molar-refractivity contribution in [2.75, 3.05) is 19.0 Å². The van der Waals surface area contributed by atoms with Gasteiger partial charge in [0.2, 0.25) is 5.13 Å². The molecule has 0 amide bonds. The molecule has 0 spiro atoms. The molecule has 78 valence electrons. The maximum absolute atomic E-state index is 9.09. The van der Waals surface area contributed by atoms with Crippen LogP contribution in [-0.4, -0.2) is 34.4 Å². The van der Waals surface area contributed by atoms with Gasteiger partial charge in [0.15, 0.2) is 5.01 Å². The maximum atomic E-state index is 9.09. The Kier molecular flexibility index (Phi) is 2.51. The minimum absolute atomic E-state index is 0.149. The Morgan fingerprint density at radius 2 is 2.07 bits per heavy atom. The zero-order valence-corrected chi connectivity index (χ0v) is 9.19. The highest BCUT2D eigenvalue weighted by molar-refractivity contribution is 7.18. The molecule has 0 aliphatic carbocycles. The second kappa shape index (κ2) is 3.82. The Hall–Kier alpha value is -1.69. The first-order valence-corrected chi connectivity index (χ1v) is 5.14. The number of aromatic nitrogens is 3. The van der Waals surface area contributed by atoms with Crippen LogP contribution in [0.1, 0.15) is 0 Å². The first-order chi connectivity index (χ1) is 7.16. The second-order valence-electron chi connectivity index (χ2n) is 3.19. The summed E-state index contributed by atoms with van der Waals surface area (Å²) in [7, 11) is 3.82. The van der Waals surface area contributed by atoms with Crippen LogP contribution < -0.4 is 4.90 Å². The number of pyridine rings is 1. The van der Waals surface area contributed by atoms with Crippen LogP contribution in [0.2, 0.25) is 0 Å². The molecule has 0 fully saturated rings. The summed E-state index contributed by atoms with van der Waals surface area (Å²) >= 11 is 1.46. The van der Waals surface area contributed by atoms with Crippen molar-refractivity contribution in [2.24, 2.45) is 0 Å². The van der Waals surface area contributed by atoms with Crippen molar-refractivity contribution in [1.29, 1.82) is 0 Å². The highest BCUT2D eigenvalue weighted by Gasteiger charge is 2.08. The standard InChI is InChI=1S/C9H10N4OS/c1-13(2)9-12-11-8(15-9)7-4-3-6(14)5-10-7/h3-5,14H,1-2H3. The van der Waals surface area contributed by atoms with Gasteiger partial charge in [0.1, 0.15) is 11.4 Å². The van der Waals surface area contributed by atoms with E-state index in [1.54, 1.807) is 12.1 Å². The zero-order chi connectivity index (χ0) is 10.8. The largest absolute Gasteiger partial charge is 0.506 e. The molecule has 0 bridgehead atoms. The van der Waals surface area contributed by atoms with Crippen LogP contribution in [-0.2, 0) is 0 Å². The lowest BCUT2D eigenvalue weighted by Crippen LogP contribution is -2.07. The van der Waals surface area contributed by atoms with E-state index >= 15 is 0 Å². The highest BCUT2D eigenvalue weighted by atomic mass is 32.1. The molecule has 5 nitrogen and oxygen atoms in total. The maximum Gasteiger partial charge on any atom is 0.208 e. The molecule has 2 aromatic rings. The van der Waals surface area contributed by atoms with E-state index < -0.39 is 0 Å². The molecule has 0 aromatic carbocycles. The number of hydrogen-bond donors (Lipinski definition) is 1. The highest BCUT2D eigenvalue weighted by Crippen LogP contribution is 2.26. The van der Waals surface area contributed by atoms with Gasteiger partial charge in [0, 0.05) is 14.1 Å². The Bertz CT molecular complexity index is 451. The third-order valence-electron chi connectivity index (χ3n) is 1.76. The van der Waals surface area contributed by atoms with E-state index in [0.717, 1.165) is 15.8 Å². The Labute approximate surface area is 91.0 Å². The van der Waals surface area contributed by atoms with Gasteiger partial charge in [-0.1, -0.05) is 11.3 Å². The predicted octanol–water partition coefficient (Wildman–Crippen LogP) is 1.37. The topological polar surface area (TPSA) is 62.1 Å². The number of aromatic hydroxyl groups is 1. The molecular weight excluding hydrogens is 212 g/mol. The summed E-state index contributed by atoms with van der Waals surface area (Å²) in [4.78, 5) is 5.95. The van der Waals surface area contributed by atoms with E-state index in [1.165, 1.54) is 17.5 Å². The lowest BCUT2D eigenvalue weighted by molar-refractivity contribution is 0.473. The summed E-state index contributed by atoms with van der Waals surface area (Å²) in [6.07, 6.45) is 1.39. The van der Waals surface area contributed by atoms with Crippen molar-refractivity contribution in [1.82, 2.24) is 15.2 Å². The molecular formula is C9H10N4OS. The molecule has 0 atom stereocenters. The average Bonchev–Trinajstić information content (AvgIpc) is 2.68. The van der Waals surface area contributed by atoms with Crippen LogP contribution >= 0.6 is 11.3 Å². The predicted molar refractivity (Wildman–Crippen MR) is 59.1 cm³/mol. The summed E-state index contributed by atoms with van der Waals surface area (Å²) in [5.74, 6) is 0.149. The average molecular weight is 222 g/mol. The fraction of sp³-hybridized carbons (Fsp3) is 0.222. The van der Waals surface area contributed by atoms with Crippen molar-refractivity contribution in [3.05, 3.63) is 18.3 Å². The van der Waals surface area contributed by atoms with Gasteiger partial charge in [0.05, 0.1) is 6.20 Å². The molecule has 2 rings (SSSR count). The molecule has 1 N–H and O–H groups in total. The van der Waals surface area contributed by atoms with E-state index in [2.05, 4.69) is 15.2 Å². The van der Waals surface area contributed by atoms with Crippen LogP contribution in [0.3, 0.4) is 0 Å². The summed E-state index contributed by atoms with van der Waals surface area (Å²) in [6.45, 7) is 0. The molecule has 15 heavy (non-hydrogen) atoms. The van der Waals surface area contributed by atoms with Gasteiger partial charge in [-0.3, -0.25) is 0 Å². The van der Waals surface area contributed by atoms with Crippen LogP contribution in [0.4, 0.5) is 5.13 Å². The van der Waals surface area contributed by atoms with E-state index in [1.807, 2.05) is 19.0 Å². The Balaban J connectivity index is 2.33. The summed E-state index contributed by atoms with van der Waals surface area (Å²) in [5, 5.41) is 18.7. The molecule has 0 aliphatic rings. The number of nitrogens with zero attached hydrogens (tertiary/aromatic N) is 4. The van der Waals surface area contributed by atoms with Crippen LogP contribution in [0.5, 0.6) is 5.75 Å². The minimum Gasteiger partial charge on any atom is -0.506 e. The molecule has 0 unspecified atom stereocenters. The van der Waals surface area contributed by atoms with Gasteiger partial charge in [-0.15, -0.1) is 10.2 Å². The molecule has 0 radical (unpaired) electrons. The fourth-order valence-electron chi connectivity index (χ4n) is 1.01. The summed E-state index contributed by atoms with van der Waals surface area (Å²) in [5.41, 5.74) is 0.721. The number of hydrogen-bond acceptors (Lipinski definition) is 6. The van der Waals surface area contributed by atoms with E-state index in [0.29, 0.717) is 0 Å². The van der Waals surface area contributed by atoms with Crippen molar-refractivity contribution >= 4 is 16.5 Å². The molecule has 6 heteroatoms. The lowest BCUT2D eigenvalue weighted by atomic mass is 10.3. The van der Waals surface area contributed by atoms with E-state index in [9.17, 15) is 0 Å². The summed E-state index contributed by atoms with van der Waals surface area (Å²) in [6, 6.07) is 3.30. The van der Waals surface area contributed by atoms with Crippen LogP contribution in [0.25, 0.3) is 10.7 Å². The normalized spacial score (nSPS) is 10.3. The molecule has 0 saturated carbocycles. The smallest absolute Gasteiger partial charge is 0.208 e. The van der Waals surface area contributed by atoms with Crippen LogP contribution in [0, 0.1) is 0 Å². The van der Waals surface area contributed by atoms with Gasteiger partial charge in [0.25, 0.3) is 0 Å². The first kappa shape index (κ1) is 9.85. The number of rotatable bonds is 2. The van der Waals surface area contributed by atoms with Gasteiger partial charge in [-0.25, -0.2) is 4.98 Å². The first-order valence-electron chi connectivity index (χ1n) is 4.33. The molecule has 2 heterocycles. The summed E-state index contributed by atoms with van der Waals surface area (Å²) < 4.78 is 0. The molecule has 0 saturated heterocycles. The third kappa shape index (κ3) is 2.04. The SMILES string of the molecule is CN(C)c1nnc(-c2ccc(O)cn2)s1. The van der Waals surface area contributed by atoms with Crippen molar-refractivity contribution in [3.63, 3.8) is 0 Å².